The lowest BCUT2D eigenvalue weighted by Gasteiger charge is -1.86. The van der Waals surface area contributed by atoms with Crippen LogP contribution in [-0.4, -0.2) is 9.97 Å². The normalized spacial score (nSPS) is 11.9. The van der Waals surface area contributed by atoms with Gasteiger partial charge in [0, 0.05) is 5.69 Å². The molecule has 0 bridgehead atoms. The van der Waals surface area contributed by atoms with Crippen LogP contribution in [0.25, 0.3) is 6.08 Å². The van der Waals surface area contributed by atoms with Gasteiger partial charge in [0.05, 0.1) is 5.69 Å². The Morgan fingerprint density at radius 1 is 1.31 bits per heavy atom. The van der Waals surface area contributed by atoms with Crippen LogP contribution in [-0.2, 0) is 0 Å². The molecule has 70 valence electrons. The largest absolute Gasteiger partial charge is 0.346 e. The van der Waals surface area contributed by atoms with Crippen LogP contribution in [0.15, 0.2) is 18.2 Å². The second-order valence-corrected chi connectivity index (χ2v) is 3.04. The maximum absolute atomic E-state index is 4.34. The Bertz CT molecular complexity index is 319. The third-order valence-corrected chi connectivity index (χ3v) is 1.82. The summed E-state index contributed by atoms with van der Waals surface area (Å²) in [7, 11) is 0. The van der Waals surface area contributed by atoms with E-state index in [9.17, 15) is 0 Å². The summed E-state index contributed by atoms with van der Waals surface area (Å²) >= 11 is 0. The molecule has 0 radical (unpaired) electrons. The lowest BCUT2D eigenvalue weighted by molar-refractivity contribution is 1.13. The zero-order valence-electron chi connectivity index (χ0n) is 8.46. The molecule has 0 aromatic carbocycles. The number of aromatic amines is 1. The van der Waals surface area contributed by atoms with Crippen molar-refractivity contribution in [3.63, 3.8) is 0 Å². The first kappa shape index (κ1) is 9.78. The Morgan fingerprint density at radius 3 is 2.62 bits per heavy atom. The lowest BCUT2D eigenvalue weighted by Crippen LogP contribution is -1.75. The van der Waals surface area contributed by atoms with Crippen molar-refractivity contribution in [1.82, 2.24) is 9.97 Å². The van der Waals surface area contributed by atoms with E-state index in [0.29, 0.717) is 0 Å². The van der Waals surface area contributed by atoms with E-state index in [2.05, 4.69) is 28.2 Å². The fourth-order valence-electron chi connectivity index (χ4n) is 1.18. The van der Waals surface area contributed by atoms with Gasteiger partial charge in [-0.3, -0.25) is 0 Å². The van der Waals surface area contributed by atoms with Gasteiger partial charge in [-0.25, -0.2) is 4.98 Å². The molecule has 1 aromatic heterocycles. The number of aromatic nitrogens is 2. The number of rotatable bonds is 3. The summed E-state index contributed by atoms with van der Waals surface area (Å²) in [5.74, 6) is 0.975. The van der Waals surface area contributed by atoms with Crippen LogP contribution in [0.4, 0.5) is 0 Å². The summed E-state index contributed by atoms with van der Waals surface area (Å²) in [6, 6.07) is 0. The van der Waals surface area contributed by atoms with Gasteiger partial charge in [-0.1, -0.05) is 18.2 Å². The van der Waals surface area contributed by atoms with Crippen LogP contribution < -0.4 is 0 Å². The summed E-state index contributed by atoms with van der Waals surface area (Å²) in [6.45, 7) is 6.03. The Hall–Kier alpha value is -1.31. The van der Waals surface area contributed by atoms with Crippen LogP contribution in [0, 0.1) is 13.8 Å². The molecule has 0 saturated heterocycles. The van der Waals surface area contributed by atoms with Gasteiger partial charge >= 0.3 is 0 Å². The van der Waals surface area contributed by atoms with Gasteiger partial charge in [-0.15, -0.1) is 0 Å². The maximum Gasteiger partial charge on any atom is 0.103 e. The number of allylic oxidation sites excluding steroid dienone is 3. The Morgan fingerprint density at radius 2 is 2.08 bits per heavy atom. The van der Waals surface area contributed by atoms with Crippen molar-refractivity contribution >= 4 is 6.08 Å². The molecule has 0 spiro atoms. The van der Waals surface area contributed by atoms with E-state index in [1.165, 1.54) is 0 Å². The SMILES string of the molecule is C/C=C\CC=Cc1nc(C)[nH]c1C. The highest BCUT2D eigenvalue weighted by Crippen LogP contribution is 2.06. The number of H-pyrrole nitrogens is 1. The molecule has 0 aliphatic heterocycles. The number of hydrogen-bond donors (Lipinski definition) is 1. The molecule has 2 nitrogen and oxygen atoms in total. The van der Waals surface area contributed by atoms with Crippen molar-refractivity contribution in [3.05, 3.63) is 35.4 Å². The molecule has 1 heterocycles. The third kappa shape index (κ3) is 2.90. The van der Waals surface area contributed by atoms with Crippen molar-refractivity contribution < 1.29 is 0 Å². The topological polar surface area (TPSA) is 28.7 Å². The molecule has 2 heteroatoms. The lowest BCUT2D eigenvalue weighted by atomic mass is 10.3. The fourth-order valence-corrected chi connectivity index (χ4v) is 1.18. The molecule has 0 saturated carbocycles. The average Bonchev–Trinajstić information content (AvgIpc) is 2.39. The van der Waals surface area contributed by atoms with E-state index in [1.54, 1.807) is 0 Å². The molecular weight excluding hydrogens is 160 g/mol. The summed E-state index contributed by atoms with van der Waals surface area (Å²) in [5, 5.41) is 0. The highest BCUT2D eigenvalue weighted by molar-refractivity contribution is 5.47. The minimum Gasteiger partial charge on any atom is -0.346 e. The van der Waals surface area contributed by atoms with Crippen molar-refractivity contribution in [3.8, 4) is 0 Å². The summed E-state index contributed by atoms with van der Waals surface area (Å²) in [4.78, 5) is 7.51. The molecule has 0 atom stereocenters. The molecular formula is C11H16N2. The first-order chi connectivity index (χ1) is 6.24. The standard InChI is InChI=1S/C11H16N2/c1-4-5-6-7-8-11-9(2)12-10(3)13-11/h4-5,7-8H,6H2,1-3H3,(H,12,13)/b5-4-,8-7?. The number of aryl methyl sites for hydroxylation is 2. The second-order valence-electron chi connectivity index (χ2n) is 3.04. The van der Waals surface area contributed by atoms with Gasteiger partial charge in [0.25, 0.3) is 0 Å². The highest BCUT2D eigenvalue weighted by atomic mass is 14.9. The molecule has 1 aromatic rings. The van der Waals surface area contributed by atoms with Crippen molar-refractivity contribution in [1.29, 1.82) is 0 Å². The van der Waals surface area contributed by atoms with E-state index < -0.39 is 0 Å². The predicted molar refractivity (Wildman–Crippen MR) is 56.5 cm³/mol. The molecule has 0 amide bonds. The van der Waals surface area contributed by atoms with E-state index in [4.69, 9.17) is 0 Å². The average molecular weight is 176 g/mol. The molecule has 1 rings (SSSR count). The Labute approximate surface area is 79.4 Å². The minimum atomic E-state index is 0.974. The Kier molecular flexibility index (Phi) is 3.50. The molecule has 13 heavy (non-hydrogen) atoms. The number of nitrogens with one attached hydrogen (secondary N) is 1. The first-order valence-corrected chi connectivity index (χ1v) is 4.55. The molecule has 1 N–H and O–H groups in total. The second kappa shape index (κ2) is 4.65. The van der Waals surface area contributed by atoms with Crippen molar-refractivity contribution in [2.24, 2.45) is 0 Å². The van der Waals surface area contributed by atoms with Gasteiger partial charge in [0.15, 0.2) is 0 Å². The zero-order chi connectivity index (χ0) is 9.68. The number of imidazole rings is 1. The van der Waals surface area contributed by atoms with Crippen LogP contribution in [0.1, 0.15) is 30.6 Å². The minimum absolute atomic E-state index is 0.974. The number of nitrogens with zero attached hydrogens (tertiary/aromatic N) is 1. The molecule has 0 unspecified atom stereocenters. The molecule has 0 aliphatic carbocycles. The summed E-state index contributed by atoms with van der Waals surface area (Å²) in [6.07, 6.45) is 9.31. The van der Waals surface area contributed by atoms with Crippen molar-refractivity contribution in [2.75, 3.05) is 0 Å². The maximum atomic E-state index is 4.34. The van der Waals surface area contributed by atoms with Gasteiger partial charge in [0.1, 0.15) is 5.82 Å². The van der Waals surface area contributed by atoms with E-state index in [1.807, 2.05) is 26.8 Å². The highest BCUT2D eigenvalue weighted by Gasteiger charge is 1.97. The van der Waals surface area contributed by atoms with Gasteiger partial charge in [-0.2, -0.15) is 0 Å². The van der Waals surface area contributed by atoms with Crippen LogP contribution in [0.3, 0.4) is 0 Å². The van der Waals surface area contributed by atoms with E-state index in [-0.39, 0.29) is 0 Å². The van der Waals surface area contributed by atoms with Crippen LogP contribution >= 0.6 is 0 Å². The monoisotopic (exact) mass is 176 g/mol. The third-order valence-electron chi connectivity index (χ3n) is 1.82. The van der Waals surface area contributed by atoms with Gasteiger partial charge < -0.3 is 4.98 Å². The first-order valence-electron chi connectivity index (χ1n) is 4.55. The smallest absolute Gasteiger partial charge is 0.103 e. The van der Waals surface area contributed by atoms with Gasteiger partial charge in [0.2, 0.25) is 0 Å². The summed E-state index contributed by atoms with van der Waals surface area (Å²) < 4.78 is 0. The predicted octanol–water partition coefficient (Wildman–Crippen LogP) is 3.01. The quantitative estimate of drug-likeness (QED) is 0.705. The molecule has 0 fully saturated rings. The van der Waals surface area contributed by atoms with Gasteiger partial charge in [-0.05, 0) is 33.3 Å². The summed E-state index contributed by atoms with van der Waals surface area (Å²) in [5.41, 5.74) is 2.18. The number of hydrogen-bond acceptors (Lipinski definition) is 1. The Balaban J connectivity index is 2.62. The van der Waals surface area contributed by atoms with E-state index in [0.717, 1.165) is 23.6 Å². The van der Waals surface area contributed by atoms with Crippen LogP contribution in [0.2, 0.25) is 0 Å². The fraction of sp³-hybridized carbons (Fsp3) is 0.364. The van der Waals surface area contributed by atoms with Crippen LogP contribution in [0.5, 0.6) is 0 Å². The van der Waals surface area contributed by atoms with E-state index >= 15 is 0 Å². The zero-order valence-corrected chi connectivity index (χ0v) is 8.46. The van der Waals surface area contributed by atoms with Crippen molar-refractivity contribution in [2.45, 2.75) is 27.2 Å². The molecule has 0 aliphatic rings.